The van der Waals surface area contributed by atoms with Crippen molar-refractivity contribution < 1.29 is 4.74 Å². The second kappa shape index (κ2) is 7.50. The first kappa shape index (κ1) is 15.1. The zero-order valence-corrected chi connectivity index (χ0v) is 12.6. The molecule has 1 aliphatic heterocycles. The Morgan fingerprint density at radius 2 is 1.95 bits per heavy atom. The van der Waals surface area contributed by atoms with Gasteiger partial charge in [0, 0.05) is 30.9 Å². The fraction of sp³-hybridized carbons (Fsp3) is 0.625. The molecule has 1 aromatic rings. The van der Waals surface area contributed by atoms with Crippen molar-refractivity contribution in [1.82, 2.24) is 4.90 Å². The molecule has 20 heavy (non-hydrogen) atoms. The van der Waals surface area contributed by atoms with Crippen LogP contribution >= 0.6 is 0 Å². The molecule has 0 unspecified atom stereocenters. The lowest BCUT2D eigenvalue weighted by molar-refractivity contribution is 0.161. The molecule has 0 amide bonds. The normalized spacial score (nSPS) is 18.8. The topological polar surface area (TPSA) is 50.5 Å². The SMILES string of the molecule is COc1ccc(NC2CCN([C@H](C)CCN)CC2)cc1. The summed E-state index contributed by atoms with van der Waals surface area (Å²) in [6.45, 7) is 5.39. The monoisotopic (exact) mass is 277 g/mol. The highest BCUT2D eigenvalue weighted by Gasteiger charge is 2.22. The van der Waals surface area contributed by atoms with Crippen LogP contribution in [0.25, 0.3) is 0 Å². The molecule has 1 atom stereocenters. The Morgan fingerprint density at radius 3 is 2.50 bits per heavy atom. The van der Waals surface area contributed by atoms with Gasteiger partial charge in [0.2, 0.25) is 0 Å². The van der Waals surface area contributed by atoms with Crippen LogP contribution in [0, 0.1) is 0 Å². The van der Waals surface area contributed by atoms with E-state index in [1.807, 2.05) is 12.1 Å². The Labute approximate surface area is 122 Å². The molecule has 1 heterocycles. The Bertz CT molecular complexity index is 385. The van der Waals surface area contributed by atoms with Gasteiger partial charge in [-0.3, -0.25) is 0 Å². The summed E-state index contributed by atoms with van der Waals surface area (Å²) < 4.78 is 5.18. The minimum Gasteiger partial charge on any atom is -0.497 e. The van der Waals surface area contributed by atoms with Crippen LogP contribution < -0.4 is 15.8 Å². The van der Waals surface area contributed by atoms with Crippen molar-refractivity contribution in [2.24, 2.45) is 5.73 Å². The van der Waals surface area contributed by atoms with Gasteiger partial charge in [0.1, 0.15) is 5.75 Å². The van der Waals surface area contributed by atoms with E-state index >= 15 is 0 Å². The van der Waals surface area contributed by atoms with Gasteiger partial charge < -0.3 is 20.7 Å². The van der Waals surface area contributed by atoms with Crippen molar-refractivity contribution in [2.75, 3.05) is 32.1 Å². The molecule has 1 aromatic carbocycles. The lowest BCUT2D eigenvalue weighted by Gasteiger charge is -2.36. The van der Waals surface area contributed by atoms with Gasteiger partial charge in [0.05, 0.1) is 7.11 Å². The lowest BCUT2D eigenvalue weighted by Crippen LogP contribution is -2.44. The molecule has 2 rings (SSSR count). The van der Waals surface area contributed by atoms with Crippen molar-refractivity contribution in [1.29, 1.82) is 0 Å². The molecule has 0 aliphatic carbocycles. The van der Waals surface area contributed by atoms with Crippen LogP contribution in [0.3, 0.4) is 0 Å². The van der Waals surface area contributed by atoms with Crippen LogP contribution in [-0.2, 0) is 0 Å². The van der Waals surface area contributed by atoms with Crippen LogP contribution in [0.4, 0.5) is 5.69 Å². The molecule has 0 bridgehead atoms. The van der Waals surface area contributed by atoms with E-state index in [1.54, 1.807) is 7.11 Å². The molecule has 0 saturated carbocycles. The number of anilines is 1. The Balaban J connectivity index is 1.78. The summed E-state index contributed by atoms with van der Waals surface area (Å²) in [5, 5.41) is 3.62. The van der Waals surface area contributed by atoms with Crippen molar-refractivity contribution in [3.8, 4) is 5.75 Å². The zero-order chi connectivity index (χ0) is 14.4. The number of likely N-dealkylation sites (tertiary alicyclic amines) is 1. The summed E-state index contributed by atoms with van der Waals surface area (Å²) >= 11 is 0. The summed E-state index contributed by atoms with van der Waals surface area (Å²) in [6, 6.07) is 9.36. The van der Waals surface area contributed by atoms with E-state index in [0.717, 1.165) is 31.8 Å². The standard InChI is InChI=1S/C16H27N3O/c1-13(7-10-17)19-11-8-15(9-12-19)18-14-3-5-16(20-2)6-4-14/h3-6,13,15,18H,7-12,17H2,1-2H3/t13-/m1/s1. The van der Waals surface area contributed by atoms with E-state index < -0.39 is 0 Å². The van der Waals surface area contributed by atoms with Crippen molar-refractivity contribution >= 4 is 5.69 Å². The van der Waals surface area contributed by atoms with Crippen LogP contribution in [0.1, 0.15) is 26.2 Å². The van der Waals surface area contributed by atoms with E-state index in [2.05, 4.69) is 29.3 Å². The number of benzene rings is 1. The fourth-order valence-electron chi connectivity index (χ4n) is 2.83. The highest BCUT2D eigenvalue weighted by atomic mass is 16.5. The van der Waals surface area contributed by atoms with Crippen molar-refractivity contribution in [3.63, 3.8) is 0 Å². The maximum atomic E-state index is 5.64. The summed E-state index contributed by atoms with van der Waals surface area (Å²) in [4.78, 5) is 2.55. The number of rotatable bonds is 6. The molecule has 1 saturated heterocycles. The number of hydrogen-bond donors (Lipinski definition) is 2. The molecule has 0 aromatic heterocycles. The largest absolute Gasteiger partial charge is 0.497 e. The number of nitrogens with one attached hydrogen (secondary N) is 1. The van der Waals surface area contributed by atoms with Gasteiger partial charge in [-0.2, -0.15) is 0 Å². The van der Waals surface area contributed by atoms with Crippen LogP contribution in [0.2, 0.25) is 0 Å². The first-order valence-corrected chi connectivity index (χ1v) is 7.57. The van der Waals surface area contributed by atoms with E-state index in [-0.39, 0.29) is 0 Å². The quantitative estimate of drug-likeness (QED) is 0.838. The van der Waals surface area contributed by atoms with Crippen LogP contribution in [-0.4, -0.2) is 43.7 Å². The minimum absolute atomic E-state index is 0.574. The molecular weight excluding hydrogens is 250 g/mol. The second-order valence-corrected chi connectivity index (χ2v) is 5.61. The zero-order valence-electron chi connectivity index (χ0n) is 12.6. The van der Waals surface area contributed by atoms with Crippen LogP contribution in [0.5, 0.6) is 5.75 Å². The maximum absolute atomic E-state index is 5.64. The molecular formula is C16H27N3O. The number of piperidine rings is 1. The van der Waals surface area contributed by atoms with Crippen LogP contribution in [0.15, 0.2) is 24.3 Å². The predicted molar refractivity (Wildman–Crippen MR) is 84.3 cm³/mol. The number of methoxy groups -OCH3 is 1. The van der Waals surface area contributed by atoms with Gasteiger partial charge in [0.25, 0.3) is 0 Å². The third kappa shape index (κ3) is 4.12. The molecule has 1 fully saturated rings. The number of nitrogens with two attached hydrogens (primary N) is 1. The first-order chi connectivity index (χ1) is 9.72. The first-order valence-electron chi connectivity index (χ1n) is 7.57. The lowest BCUT2D eigenvalue weighted by atomic mass is 10.0. The Kier molecular flexibility index (Phi) is 5.68. The fourth-order valence-corrected chi connectivity index (χ4v) is 2.83. The third-order valence-electron chi connectivity index (χ3n) is 4.20. The molecule has 0 radical (unpaired) electrons. The third-order valence-corrected chi connectivity index (χ3v) is 4.20. The molecule has 0 spiro atoms. The number of nitrogens with zero attached hydrogens (tertiary/aromatic N) is 1. The van der Waals surface area contributed by atoms with Gasteiger partial charge in [-0.25, -0.2) is 0 Å². The van der Waals surface area contributed by atoms with E-state index in [9.17, 15) is 0 Å². The predicted octanol–water partition coefficient (Wildman–Crippen LogP) is 2.31. The summed E-state index contributed by atoms with van der Waals surface area (Å²) in [5.74, 6) is 0.904. The average molecular weight is 277 g/mol. The van der Waals surface area contributed by atoms with E-state index in [4.69, 9.17) is 10.5 Å². The van der Waals surface area contributed by atoms with Crippen molar-refractivity contribution in [2.45, 2.75) is 38.3 Å². The number of hydrogen-bond acceptors (Lipinski definition) is 4. The van der Waals surface area contributed by atoms with Gasteiger partial charge in [-0.05, 0) is 57.0 Å². The molecule has 112 valence electrons. The summed E-state index contributed by atoms with van der Waals surface area (Å²) in [5.41, 5.74) is 6.82. The van der Waals surface area contributed by atoms with E-state index in [0.29, 0.717) is 12.1 Å². The summed E-state index contributed by atoms with van der Waals surface area (Å²) in [7, 11) is 1.70. The van der Waals surface area contributed by atoms with Crippen molar-refractivity contribution in [3.05, 3.63) is 24.3 Å². The van der Waals surface area contributed by atoms with Gasteiger partial charge in [0.15, 0.2) is 0 Å². The summed E-state index contributed by atoms with van der Waals surface area (Å²) in [6.07, 6.45) is 3.48. The molecule has 1 aliphatic rings. The smallest absolute Gasteiger partial charge is 0.119 e. The van der Waals surface area contributed by atoms with Gasteiger partial charge in [-0.15, -0.1) is 0 Å². The molecule has 4 nitrogen and oxygen atoms in total. The van der Waals surface area contributed by atoms with E-state index in [1.165, 1.54) is 18.5 Å². The Hall–Kier alpha value is -1.26. The van der Waals surface area contributed by atoms with Gasteiger partial charge in [-0.1, -0.05) is 0 Å². The number of ether oxygens (including phenoxy) is 1. The second-order valence-electron chi connectivity index (χ2n) is 5.61. The average Bonchev–Trinajstić information content (AvgIpc) is 2.49. The molecule has 3 N–H and O–H groups in total. The highest BCUT2D eigenvalue weighted by Crippen LogP contribution is 2.20. The highest BCUT2D eigenvalue weighted by molar-refractivity contribution is 5.47. The van der Waals surface area contributed by atoms with Gasteiger partial charge >= 0.3 is 0 Å². The Morgan fingerprint density at radius 1 is 1.30 bits per heavy atom. The maximum Gasteiger partial charge on any atom is 0.119 e. The molecule has 4 heteroatoms. The minimum atomic E-state index is 0.574.